The molecule has 29 heavy (non-hydrogen) atoms. The van der Waals surface area contributed by atoms with Crippen LogP contribution in [0.5, 0.6) is 0 Å². The maximum Gasteiger partial charge on any atom is 0.415 e. The van der Waals surface area contributed by atoms with Crippen molar-refractivity contribution >= 4 is 29.1 Å². The first kappa shape index (κ1) is 20.3. The normalized spacial score (nSPS) is 15.7. The van der Waals surface area contributed by atoms with Crippen molar-refractivity contribution in [2.75, 3.05) is 48.6 Å². The number of pyridine rings is 2. The number of aromatic nitrogens is 2. The summed E-state index contributed by atoms with van der Waals surface area (Å²) in [5, 5.41) is 10.6. The lowest BCUT2D eigenvalue weighted by molar-refractivity contribution is -0.385. The Bertz CT molecular complexity index is 916. The highest BCUT2D eigenvalue weighted by Gasteiger charge is 2.24. The topological polar surface area (TPSA) is 137 Å². The first-order valence-electron chi connectivity index (χ1n) is 8.99. The van der Waals surface area contributed by atoms with E-state index in [2.05, 4.69) is 9.97 Å². The van der Waals surface area contributed by atoms with E-state index in [9.17, 15) is 14.9 Å². The van der Waals surface area contributed by atoms with Crippen molar-refractivity contribution in [2.24, 2.45) is 0 Å². The fraction of sp³-hybridized carbons (Fsp3) is 0.389. The van der Waals surface area contributed by atoms with Gasteiger partial charge < -0.3 is 20.1 Å². The molecule has 2 aliphatic heterocycles. The van der Waals surface area contributed by atoms with Gasteiger partial charge in [0.1, 0.15) is 30.7 Å². The lowest BCUT2D eigenvalue weighted by Gasteiger charge is -2.14. The Morgan fingerprint density at radius 3 is 2.34 bits per heavy atom. The van der Waals surface area contributed by atoms with E-state index in [-0.39, 0.29) is 11.8 Å². The number of ether oxygens (including phenoxy) is 2. The molecule has 1 amide bonds. The number of rotatable bonds is 3. The number of hydrogen-bond donors (Lipinski definition) is 1. The van der Waals surface area contributed by atoms with Crippen LogP contribution in [0.3, 0.4) is 0 Å². The van der Waals surface area contributed by atoms with Gasteiger partial charge in [-0.1, -0.05) is 0 Å². The number of hydrogen-bond acceptors (Lipinski definition) is 9. The minimum absolute atomic E-state index is 0.0545. The van der Waals surface area contributed by atoms with Crippen LogP contribution in [-0.2, 0) is 9.47 Å². The van der Waals surface area contributed by atoms with E-state index in [0.717, 1.165) is 18.1 Å². The zero-order valence-electron chi connectivity index (χ0n) is 16.2. The van der Waals surface area contributed by atoms with Crippen LogP contribution in [0.4, 0.5) is 27.8 Å². The van der Waals surface area contributed by atoms with Gasteiger partial charge >= 0.3 is 6.09 Å². The van der Waals surface area contributed by atoms with E-state index in [1.165, 1.54) is 11.0 Å². The van der Waals surface area contributed by atoms with Crippen molar-refractivity contribution < 1.29 is 19.2 Å². The number of amides is 1. The summed E-state index contributed by atoms with van der Waals surface area (Å²) in [5.74, 6) is 1.33. The van der Waals surface area contributed by atoms with Gasteiger partial charge in [-0.05, 0) is 32.0 Å². The van der Waals surface area contributed by atoms with Crippen molar-refractivity contribution in [3.8, 4) is 0 Å². The molecule has 4 rings (SSSR count). The molecule has 0 atom stereocenters. The van der Waals surface area contributed by atoms with Crippen LogP contribution in [0.2, 0.25) is 0 Å². The summed E-state index contributed by atoms with van der Waals surface area (Å²) >= 11 is 0. The number of nitrogens with two attached hydrogens (primary N) is 1. The number of nitro groups is 1. The number of carbonyl (C=O) groups excluding carboxylic acids is 1. The van der Waals surface area contributed by atoms with Gasteiger partial charge in [-0.25, -0.2) is 14.8 Å². The maximum absolute atomic E-state index is 11.2. The van der Waals surface area contributed by atoms with Crippen LogP contribution in [0.25, 0.3) is 0 Å². The van der Waals surface area contributed by atoms with Crippen LogP contribution < -0.4 is 15.5 Å². The summed E-state index contributed by atoms with van der Waals surface area (Å²) in [6, 6.07) is 6.59. The largest absolute Gasteiger partial charge is 0.447 e. The first-order valence-corrected chi connectivity index (χ1v) is 8.99. The predicted molar refractivity (Wildman–Crippen MR) is 106 cm³/mol. The maximum atomic E-state index is 11.2. The van der Waals surface area contributed by atoms with Gasteiger partial charge in [0.2, 0.25) is 0 Å². The first-order chi connectivity index (χ1) is 13.9. The third kappa shape index (κ3) is 4.69. The molecule has 0 spiro atoms. The van der Waals surface area contributed by atoms with Gasteiger partial charge in [-0.15, -0.1) is 0 Å². The number of cyclic esters (lactones) is 1. The number of anilines is 3. The molecule has 0 aromatic carbocycles. The van der Waals surface area contributed by atoms with E-state index in [0.29, 0.717) is 43.7 Å². The van der Waals surface area contributed by atoms with E-state index in [4.69, 9.17) is 15.2 Å². The van der Waals surface area contributed by atoms with Crippen molar-refractivity contribution in [2.45, 2.75) is 13.8 Å². The van der Waals surface area contributed by atoms with E-state index >= 15 is 0 Å². The van der Waals surface area contributed by atoms with E-state index < -0.39 is 4.92 Å². The van der Waals surface area contributed by atoms with Gasteiger partial charge in [0.15, 0.2) is 0 Å². The molecular formula is C18H22N6O5. The Labute approximate surface area is 167 Å². The number of carbonyl (C=O) groups is 1. The third-order valence-corrected chi connectivity index (χ3v) is 4.47. The molecule has 2 aromatic heterocycles. The van der Waals surface area contributed by atoms with Crippen LogP contribution in [0, 0.1) is 24.0 Å². The minimum Gasteiger partial charge on any atom is -0.447 e. The Morgan fingerprint density at radius 2 is 1.79 bits per heavy atom. The van der Waals surface area contributed by atoms with Crippen LogP contribution in [0.1, 0.15) is 11.4 Å². The van der Waals surface area contributed by atoms with Crippen molar-refractivity contribution in [3.63, 3.8) is 0 Å². The molecule has 2 aromatic rings. The average molecular weight is 402 g/mol. The fourth-order valence-electron chi connectivity index (χ4n) is 2.81. The van der Waals surface area contributed by atoms with Crippen molar-refractivity contribution in [3.05, 3.63) is 45.8 Å². The molecule has 4 heterocycles. The lowest BCUT2D eigenvalue weighted by Crippen LogP contribution is -2.24. The monoisotopic (exact) mass is 402 g/mol. The molecule has 154 valence electrons. The summed E-state index contributed by atoms with van der Waals surface area (Å²) in [4.78, 5) is 33.2. The summed E-state index contributed by atoms with van der Waals surface area (Å²) in [6.07, 6.45) is -0.346. The highest BCUT2D eigenvalue weighted by molar-refractivity contribution is 5.88. The summed E-state index contributed by atoms with van der Waals surface area (Å²) in [6.45, 7) is 6.38. The fourth-order valence-corrected chi connectivity index (χ4v) is 2.81. The standard InChI is InChI=1S/C9H11N3O3.C9H11N3O2/c1-7-8(12(13)14)2-3-9(10-7)11-4-5-15-6-11;1-6-7(10)2-3-8(11-6)12-4-5-14-9(12)13/h2-3H,4-6H2,1H3;2-3H,4-5,10H2,1H3. The molecule has 0 aliphatic carbocycles. The van der Waals surface area contributed by atoms with E-state index in [1.54, 1.807) is 32.0 Å². The molecule has 11 heteroatoms. The summed E-state index contributed by atoms with van der Waals surface area (Å²) < 4.78 is 9.99. The van der Waals surface area contributed by atoms with Crippen LogP contribution in [0.15, 0.2) is 24.3 Å². The zero-order valence-corrected chi connectivity index (χ0v) is 16.2. The summed E-state index contributed by atoms with van der Waals surface area (Å²) in [5.41, 5.74) is 7.46. The van der Waals surface area contributed by atoms with Crippen molar-refractivity contribution in [1.82, 2.24) is 9.97 Å². The van der Waals surface area contributed by atoms with Crippen molar-refractivity contribution in [1.29, 1.82) is 0 Å². The highest BCUT2D eigenvalue weighted by atomic mass is 16.6. The summed E-state index contributed by atoms with van der Waals surface area (Å²) in [7, 11) is 0. The molecule has 2 aliphatic rings. The van der Waals surface area contributed by atoms with Crippen LogP contribution >= 0.6 is 0 Å². The Hall–Kier alpha value is -3.47. The SMILES string of the molecule is Cc1nc(N2CCOC2)ccc1[N+](=O)[O-].Cc1nc(N2CCOC2=O)ccc1N. The Balaban J connectivity index is 0.000000166. The second-order valence-electron chi connectivity index (χ2n) is 6.44. The Kier molecular flexibility index (Phi) is 6.07. The molecule has 0 bridgehead atoms. The number of aryl methyl sites for hydroxylation is 2. The number of nitrogens with zero attached hydrogens (tertiary/aromatic N) is 5. The second-order valence-corrected chi connectivity index (χ2v) is 6.44. The third-order valence-electron chi connectivity index (χ3n) is 4.47. The minimum atomic E-state index is -0.424. The van der Waals surface area contributed by atoms with E-state index in [1.807, 2.05) is 4.90 Å². The molecule has 0 saturated carbocycles. The predicted octanol–water partition coefficient (Wildman–Crippen LogP) is 2.02. The van der Waals surface area contributed by atoms with Gasteiger partial charge in [0, 0.05) is 12.6 Å². The zero-order chi connectivity index (χ0) is 21.0. The second kappa shape index (κ2) is 8.69. The quantitative estimate of drug-likeness (QED) is 0.603. The average Bonchev–Trinajstić information content (AvgIpc) is 3.36. The molecule has 11 nitrogen and oxygen atoms in total. The lowest BCUT2D eigenvalue weighted by atomic mass is 10.3. The van der Waals surface area contributed by atoms with Gasteiger partial charge in [-0.3, -0.25) is 15.0 Å². The molecule has 2 fully saturated rings. The molecule has 0 unspecified atom stereocenters. The highest BCUT2D eigenvalue weighted by Crippen LogP contribution is 2.21. The molecule has 2 saturated heterocycles. The van der Waals surface area contributed by atoms with Gasteiger partial charge in [0.25, 0.3) is 5.69 Å². The molecule has 0 radical (unpaired) electrons. The number of nitrogen functional groups attached to an aromatic ring is 1. The van der Waals surface area contributed by atoms with Crippen LogP contribution in [-0.4, -0.2) is 54.0 Å². The molecule has 2 N–H and O–H groups in total. The van der Waals surface area contributed by atoms with Gasteiger partial charge in [-0.2, -0.15) is 0 Å². The smallest absolute Gasteiger partial charge is 0.415 e. The van der Waals surface area contributed by atoms with Gasteiger partial charge in [0.05, 0.1) is 29.5 Å². The molecular weight excluding hydrogens is 380 g/mol. The Morgan fingerprint density at radius 1 is 1.07 bits per heavy atom.